The summed E-state index contributed by atoms with van der Waals surface area (Å²) >= 11 is 0. The van der Waals surface area contributed by atoms with Gasteiger partial charge < -0.3 is 19.4 Å². The molecule has 46 heavy (non-hydrogen) atoms. The fourth-order valence-corrected chi connectivity index (χ4v) is 7.23. The van der Waals surface area contributed by atoms with E-state index in [2.05, 4.69) is 19.9 Å². The average Bonchev–Trinajstić information content (AvgIpc) is 3.48. The van der Waals surface area contributed by atoms with Crippen molar-refractivity contribution in [1.82, 2.24) is 24.5 Å². The van der Waals surface area contributed by atoms with E-state index >= 15 is 0 Å². The van der Waals surface area contributed by atoms with Gasteiger partial charge in [0.1, 0.15) is 23.6 Å². The normalized spacial score (nSPS) is 19.5. The molecule has 2 aromatic carbocycles. The van der Waals surface area contributed by atoms with Gasteiger partial charge in [0.05, 0.1) is 16.9 Å². The van der Waals surface area contributed by atoms with Gasteiger partial charge in [-0.3, -0.25) is 19.1 Å². The van der Waals surface area contributed by atoms with Crippen LogP contribution in [0.3, 0.4) is 0 Å². The SMILES string of the molecule is Cc1nc2n(c(=O)c1CCN1CCN(C(=O)c3ccc(F)cc3N3CCC(c4noc5cc(F)ccc45)CC3)CC1)CCCC2O. The first-order valence-electron chi connectivity index (χ1n) is 16.2. The number of nitrogens with zero attached hydrogens (tertiary/aromatic N) is 6. The number of hydrogen-bond acceptors (Lipinski definition) is 8. The molecule has 4 aromatic rings. The number of rotatable bonds is 6. The van der Waals surface area contributed by atoms with E-state index in [0.29, 0.717) is 99.1 Å². The number of aromatic nitrogens is 3. The predicted molar refractivity (Wildman–Crippen MR) is 168 cm³/mol. The number of piperidine rings is 1. The van der Waals surface area contributed by atoms with E-state index in [-0.39, 0.29) is 29.0 Å². The molecule has 3 aliphatic rings. The lowest BCUT2D eigenvalue weighted by atomic mass is 9.91. The second-order valence-electron chi connectivity index (χ2n) is 12.7. The zero-order valence-electron chi connectivity index (χ0n) is 25.9. The molecule has 3 aliphatic heterocycles. The number of hydrogen-bond donors (Lipinski definition) is 1. The Morgan fingerprint density at radius 1 is 0.978 bits per heavy atom. The Balaban J connectivity index is 0.979. The minimum absolute atomic E-state index is 0.0623. The largest absolute Gasteiger partial charge is 0.385 e. The summed E-state index contributed by atoms with van der Waals surface area (Å²) < 4.78 is 35.1. The quantitative estimate of drug-likeness (QED) is 0.338. The molecule has 0 spiro atoms. The number of carbonyl (C=O) groups is 1. The van der Waals surface area contributed by atoms with Crippen molar-refractivity contribution in [3.05, 3.63) is 86.7 Å². The lowest BCUT2D eigenvalue weighted by molar-refractivity contribution is 0.0638. The Morgan fingerprint density at radius 2 is 1.72 bits per heavy atom. The van der Waals surface area contributed by atoms with Gasteiger partial charge in [0.25, 0.3) is 11.5 Å². The number of amides is 1. The number of aryl methyl sites for hydroxylation is 1. The lowest BCUT2D eigenvalue weighted by Gasteiger charge is -2.37. The van der Waals surface area contributed by atoms with Crippen molar-refractivity contribution in [3.63, 3.8) is 0 Å². The van der Waals surface area contributed by atoms with Crippen LogP contribution in [0.25, 0.3) is 11.0 Å². The van der Waals surface area contributed by atoms with Gasteiger partial charge in [-0.1, -0.05) is 5.16 Å². The molecule has 0 saturated carbocycles. The fraction of sp³-hybridized carbons (Fsp3) is 0.471. The summed E-state index contributed by atoms with van der Waals surface area (Å²) in [5.74, 6) is -0.289. The first kappa shape index (κ1) is 30.5. The highest BCUT2D eigenvalue weighted by Crippen LogP contribution is 2.35. The molecule has 2 aromatic heterocycles. The van der Waals surface area contributed by atoms with Crippen LogP contribution in [0.15, 0.2) is 45.7 Å². The summed E-state index contributed by atoms with van der Waals surface area (Å²) in [7, 11) is 0. The minimum Gasteiger partial charge on any atom is -0.385 e. The van der Waals surface area contributed by atoms with Crippen LogP contribution in [-0.2, 0) is 13.0 Å². The summed E-state index contributed by atoms with van der Waals surface area (Å²) in [6.07, 6.45) is 2.72. The maximum atomic E-state index is 14.5. The third-order valence-electron chi connectivity index (χ3n) is 9.87. The first-order chi connectivity index (χ1) is 22.3. The Morgan fingerprint density at radius 3 is 2.50 bits per heavy atom. The van der Waals surface area contributed by atoms with E-state index in [9.17, 15) is 23.5 Å². The average molecular weight is 633 g/mol. The second-order valence-corrected chi connectivity index (χ2v) is 12.7. The zero-order valence-corrected chi connectivity index (χ0v) is 25.9. The number of aliphatic hydroxyl groups is 1. The van der Waals surface area contributed by atoms with Crippen molar-refractivity contribution in [2.75, 3.05) is 50.7 Å². The number of anilines is 1. The third kappa shape index (κ3) is 5.79. The van der Waals surface area contributed by atoms with Crippen LogP contribution in [0.2, 0.25) is 0 Å². The Labute approximate surface area is 265 Å². The van der Waals surface area contributed by atoms with E-state index in [0.717, 1.165) is 30.3 Å². The number of fused-ring (bicyclic) bond motifs is 2. The standard InChI is InChI=1S/C34H38F2N6O4/c1-21-25(34(45)42-11-2-3-29(43)32(42)37-21)10-12-39-15-17-41(18-16-39)33(44)26-6-4-23(35)19-28(26)40-13-8-22(9-14-40)31-27-7-5-24(36)20-30(27)46-38-31/h4-7,19-20,22,29,43H,2-3,8-18H2,1H3. The molecule has 2 saturated heterocycles. The van der Waals surface area contributed by atoms with Crippen molar-refractivity contribution in [2.24, 2.45) is 0 Å². The van der Waals surface area contributed by atoms with Crippen molar-refractivity contribution >= 4 is 22.6 Å². The zero-order chi connectivity index (χ0) is 31.9. The van der Waals surface area contributed by atoms with Gasteiger partial charge in [-0.05, 0) is 69.4 Å². The van der Waals surface area contributed by atoms with E-state index < -0.39 is 6.10 Å². The highest BCUT2D eigenvalue weighted by Gasteiger charge is 2.30. The number of carbonyl (C=O) groups excluding carboxylic acids is 1. The van der Waals surface area contributed by atoms with E-state index in [4.69, 9.17) is 4.52 Å². The van der Waals surface area contributed by atoms with Gasteiger partial charge in [0.15, 0.2) is 5.58 Å². The van der Waals surface area contributed by atoms with Gasteiger partial charge in [-0.2, -0.15) is 0 Å². The molecule has 2 fully saturated rings. The molecular weight excluding hydrogens is 594 g/mol. The molecule has 0 aliphatic carbocycles. The molecule has 0 radical (unpaired) electrons. The van der Waals surface area contributed by atoms with Gasteiger partial charge >= 0.3 is 0 Å². The molecule has 7 rings (SSSR count). The molecule has 10 nitrogen and oxygen atoms in total. The molecule has 1 N–H and O–H groups in total. The third-order valence-corrected chi connectivity index (χ3v) is 9.87. The molecule has 0 bridgehead atoms. The fourth-order valence-electron chi connectivity index (χ4n) is 7.23. The highest BCUT2D eigenvalue weighted by molar-refractivity contribution is 6.00. The van der Waals surface area contributed by atoms with Gasteiger partial charge in [-0.15, -0.1) is 0 Å². The summed E-state index contributed by atoms with van der Waals surface area (Å²) in [4.78, 5) is 37.6. The smallest absolute Gasteiger partial charge is 0.257 e. The molecular formula is C34H38F2N6O4. The maximum absolute atomic E-state index is 14.5. The van der Waals surface area contributed by atoms with E-state index in [1.807, 2.05) is 11.8 Å². The van der Waals surface area contributed by atoms with Crippen LogP contribution in [0.5, 0.6) is 0 Å². The van der Waals surface area contributed by atoms with Crippen LogP contribution in [0, 0.1) is 18.6 Å². The molecule has 5 heterocycles. The maximum Gasteiger partial charge on any atom is 0.257 e. The minimum atomic E-state index is -0.693. The van der Waals surface area contributed by atoms with Crippen molar-refractivity contribution in [1.29, 1.82) is 0 Å². The summed E-state index contributed by atoms with van der Waals surface area (Å²) in [5.41, 5.74) is 3.61. The molecule has 1 atom stereocenters. The molecule has 1 unspecified atom stereocenters. The van der Waals surface area contributed by atoms with Crippen molar-refractivity contribution in [3.8, 4) is 0 Å². The summed E-state index contributed by atoms with van der Waals surface area (Å²) in [6.45, 7) is 6.72. The summed E-state index contributed by atoms with van der Waals surface area (Å²) in [5, 5.41) is 15.3. The Hall–Kier alpha value is -4.16. The van der Waals surface area contributed by atoms with Crippen LogP contribution in [-0.4, -0.2) is 81.3 Å². The number of piperazine rings is 1. The van der Waals surface area contributed by atoms with Gasteiger partial charge in [0.2, 0.25) is 0 Å². The number of aliphatic hydroxyl groups excluding tert-OH is 1. The lowest BCUT2D eigenvalue weighted by Crippen LogP contribution is -2.49. The molecule has 12 heteroatoms. The van der Waals surface area contributed by atoms with Gasteiger partial charge in [-0.25, -0.2) is 13.8 Å². The molecule has 1 amide bonds. The van der Waals surface area contributed by atoms with E-state index in [1.54, 1.807) is 16.7 Å². The van der Waals surface area contributed by atoms with Crippen LogP contribution in [0.4, 0.5) is 14.5 Å². The molecule has 242 valence electrons. The number of benzene rings is 2. The highest BCUT2D eigenvalue weighted by atomic mass is 19.1. The van der Waals surface area contributed by atoms with Crippen molar-refractivity contribution in [2.45, 2.75) is 57.6 Å². The van der Waals surface area contributed by atoms with E-state index in [1.165, 1.54) is 24.3 Å². The number of halogens is 2. The first-order valence-corrected chi connectivity index (χ1v) is 16.2. The van der Waals surface area contributed by atoms with Crippen LogP contribution >= 0.6 is 0 Å². The Kier molecular flexibility index (Phi) is 8.33. The van der Waals surface area contributed by atoms with Crippen molar-refractivity contribution < 1.29 is 23.2 Å². The Bertz CT molecular complexity index is 1820. The monoisotopic (exact) mass is 632 g/mol. The second kappa shape index (κ2) is 12.6. The topological polar surface area (TPSA) is 108 Å². The van der Waals surface area contributed by atoms with Gasteiger partial charge in [0, 0.05) is 81.0 Å². The van der Waals surface area contributed by atoms with Crippen LogP contribution in [0.1, 0.15) is 70.8 Å². The summed E-state index contributed by atoms with van der Waals surface area (Å²) in [6, 6.07) is 8.82. The predicted octanol–water partition coefficient (Wildman–Crippen LogP) is 4.18. The van der Waals surface area contributed by atoms with Crippen LogP contribution < -0.4 is 10.5 Å².